The molecule has 0 aliphatic rings. The molecule has 0 radical (unpaired) electrons. The fraction of sp³-hybridized carbons (Fsp3) is 0.333. The van der Waals surface area contributed by atoms with Crippen LogP contribution in [0.1, 0.15) is 34.7 Å². The van der Waals surface area contributed by atoms with Gasteiger partial charge in [0, 0.05) is 11.6 Å². The molecule has 1 unspecified atom stereocenters. The average Bonchev–Trinajstić information content (AvgIpc) is 2.32. The molecule has 0 amide bonds. The Labute approximate surface area is 124 Å². The summed E-state index contributed by atoms with van der Waals surface area (Å²) in [5.74, 6) is -1.20. The first kappa shape index (κ1) is 15.6. The molecule has 2 rings (SSSR count). The first-order valence-corrected chi connectivity index (χ1v) is 7.01. The minimum Gasteiger partial charge on any atom is -0.321 e. The van der Waals surface area contributed by atoms with E-state index in [0.717, 1.165) is 22.8 Å². The van der Waals surface area contributed by atoms with Crippen molar-refractivity contribution in [2.75, 3.05) is 0 Å². The molecule has 0 fully saturated rings. The van der Waals surface area contributed by atoms with Crippen molar-refractivity contribution in [2.24, 2.45) is 5.73 Å². The highest BCUT2D eigenvalue weighted by atomic mass is 19.1. The standard InChI is InChI=1S/C18H21F2N/c1-11-5-12(2)17(13(3)6-11)10-18(4,21)14-7-15(19)9-16(20)8-14/h5-9H,10,21H2,1-4H3. The molecule has 1 nitrogen and oxygen atoms in total. The molecule has 0 aliphatic carbocycles. The van der Waals surface area contributed by atoms with Gasteiger partial charge in [0.2, 0.25) is 0 Å². The van der Waals surface area contributed by atoms with Crippen LogP contribution in [-0.2, 0) is 12.0 Å². The summed E-state index contributed by atoms with van der Waals surface area (Å²) in [4.78, 5) is 0. The van der Waals surface area contributed by atoms with Crippen LogP contribution in [0.25, 0.3) is 0 Å². The average molecular weight is 289 g/mol. The molecule has 0 spiro atoms. The highest BCUT2D eigenvalue weighted by molar-refractivity contribution is 5.40. The van der Waals surface area contributed by atoms with Crippen molar-refractivity contribution in [3.05, 3.63) is 69.8 Å². The van der Waals surface area contributed by atoms with Gasteiger partial charge in [-0.15, -0.1) is 0 Å². The third kappa shape index (κ3) is 3.48. The molecule has 0 aromatic heterocycles. The van der Waals surface area contributed by atoms with Gasteiger partial charge in [0.05, 0.1) is 0 Å². The van der Waals surface area contributed by atoms with Crippen LogP contribution in [0.5, 0.6) is 0 Å². The quantitative estimate of drug-likeness (QED) is 0.895. The zero-order valence-corrected chi connectivity index (χ0v) is 12.9. The smallest absolute Gasteiger partial charge is 0.126 e. The lowest BCUT2D eigenvalue weighted by Crippen LogP contribution is -2.36. The van der Waals surface area contributed by atoms with E-state index in [-0.39, 0.29) is 0 Å². The van der Waals surface area contributed by atoms with E-state index in [9.17, 15) is 8.78 Å². The molecular weight excluding hydrogens is 268 g/mol. The molecule has 0 saturated carbocycles. The number of benzene rings is 2. The maximum atomic E-state index is 13.4. The van der Waals surface area contributed by atoms with Crippen molar-refractivity contribution in [2.45, 2.75) is 39.7 Å². The molecular formula is C18H21F2N. The van der Waals surface area contributed by atoms with E-state index in [1.54, 1.807) is 6.92 Å². The van der Waals surface area contributed by atoms with E-state index in [0.29, 0.717) is 12.0 Å². The Morgan fingerprint density at radius 2 is 1.38 bits per heavy atom. The summed E-state index contributed by atoms with van der Waals surface area (Å²) in [6, 6.07) is 7.68. The summed E-state index contributed by atoms with van der Waals surface area (Å²) >= 11 is 0. The van der Waals surface area contributed by atoms with Crippen molar-refractivity contribution in [1.82, 2.24) is 0 Å². The fourth-order valence-corrected chi connectivity index (χ4v) is 2.84. The zero-order chi connectivity index (χ0) is 15.8. The van der Waals surface area contributed by atoms with Crippen LogP contribution < -0.4 is 5.73 Å². The summed E-state index contributed by atoms with van der Waals surface area (Å²) in [6.07, 6.45) is 0.536. The van der Waals surface area contributed by atoms with Gasteiger partial charge in [-0.1, -0.05) is 17.7 Å². The van der Waals surface area contributed by atoms with Gasteiger partial charge < -0.3 is 5.73 Å². The molecule has 112 valence electrons. The Morgan fingerprint density at radius 3 is 1.86 bits per heavy atom. The van der Waals surface area contributed by atoms with Gasteiger partial charge >= 0.3 is 0 Å². The molecule has 2 aromatic carbocycles. The molecule has 0 heterocycles. The first-order chi connectivity index (χ1) is 9.69. The van der Waals surface area contributed by atoms with E-state index in [2.05, 4.69) is 12.1 Å². The normalized spacial score (nSPS) is 14.0. The molecule has 2 N–H and O–H groups in total. The Balaban J connectivity index is 2.41. The predicted octanol–water partition coefficient (Wildman–Crippen LogP) is 4.31. The predicted molar refractivity (Wildman–Crippen MR) is 82.3 cm³/mol. The summed E-state index contributed by atoms with van der Waals surface area (Å²) in [5.41, 5.74) is 10.6. The minimum atomic E-state index is -0.826. The van der Waals surface area contributed by atoms with Gasteiger partial charge in [-0.3, -0.25) is 0 Å². The Morgan fingerprint density at radius 1 is 0.905 bits per heavy atom. The minimum absolute atomic E-state index is 0.472. The summed E-state index contributed by atoms with van der Waals surface area (Å²) < 4.78 is 26.8. The number of aryl methyl sites for hydroxylation is 3. The molecule has 2 aromatic rings. The first-order valence-electron chi connectivity index (χ1n) is 7.01. The third-order valence-electron chi connectivity index (χ3n) is 3.91. The van der Waals surface area contributed by atoms with Gasteiger partial charge in [0.25, 0.3) is 0 Å². The van der Waals surface area contributed by atoms with Crippen molar-refractivity contribution in [1.29, 1.82) is 0 Å². The number of nitrogens with two attached hydrogens (primary N) is 1. The largest absolute Gasteiger partial charge is 0.321 e. The van der Waals surface area contributed by atoms with Crippen LogP contribution in [-0.4, -0.2) is 0 Å². The topological polar surface area (TPSA) is 26.0 Å². The van der Waals surface area contributed by atoms with Crippen molar-refractivity contribution in [3.8, 4) is 0 Å². The van der Waals surface area contributed by atoms with Gasteiger partial charge in [-0.05, 0) is 68.5 Å². The highest BCUT2D eigenvalue weighted by Crippen LogP contribution is 2.28. The van der Waals surface area contributed by atoms with Crippen molar-refractivity contribution in [3.63, 3.8) is 0 Å². The molecule has 1 atom stereocenters. The van der Waals surface area contributed by atoms with Crippen LogP contribution in [0.15, 0.2) is 30.3 Å². The van der Waals surface area contributed by atoms with Crippen molar-refractivity contribution < 1.29 is 8.78 Å². The maximum absolute atomic E-state index is 13.4. The number of hydrogen-bond acceptors (Lipinski definition) is 1. The van der Waals surface area contributed by atoms with Crippen LogP contribution in [0.3, 0.4) is 0 Å². The second kappa shape index (κ2) is 5.57. The van der Waals surface area contributed by atoms with E-state index in [1.165, 1.54) is 17.7 Å². The van der Waals surface area contributed by atoms with E-state index in [4.69, 9.17) is 5.73 Å². The highest BCUT2D eigenvalue weighted by Gasteiger charge is 2.24. The lowest BCUT2D eigenvalue weighted by Gasteiger charge is -2.27. The summed E-state index contributed by atoms with van der Waals surface area (Å²) in [6.45, 7) is 7.93. The number of hydrogen-bond donors (Lipinski definition) is 1. The monoisotopic (exact) mass is 289 g/mol. The Bertz CT molecular complexity index is 632. The molecule has 3 heteroatoms. The van der Waals surface area contributed by atoms with Crippen LogP contribution in [0, 0.1) is 32.4 Å². The van der Waals surface area contributed by atoms with Crippen LogP contribution in [0.2, 0.25) is 0 Å². The molecule has 0 bridgehead atoms. The number of halogens is 2. The lowest BCUT2D eigenvalue weighted by atomic mass is 9.83. The Kier molecular flexibility index (Phi) is 4.15. The SMILES string of the molecule is Cc1cc(C)c(CC(C)(N)c2cc(F)cc(F)c2)c(C)c1. The van der Waals surface area contributed by atoms with Crippen molar-refractivity contribution >= 4 is 0 Å². The number of rotatable bonds is 3. The Hall–Kier alpha value is -1.74. The summed E-state index contributed by atoms with van der Waals surface area (Å²) in [5, 5.41) is 0. The second-order valence-electron chi connectivity index (χ2n) is 6.13. The van der Waals surface area contributed by atoms with Crippen LogP contribution in [0.4, 0.5) is 8.78 Å². The van der Waals surface area contributed by atoms with E-state index < -0.39 is 17.2 Å². The molecule has 0 saturated heterocycles. The van der Waals surface area contributed by atoms with E-state index in [1.807, 2.05) is 20.8 Å². The third-order valence-corrected chi connectivity index (χ3v) is 3.91. The lowest BCUT2D eigenvalue weighted by molar-refractivity contribution is 0.476. The van der Waals surface area contributed by atoms with Gasteiger partial charge in [0.15, 0.2) is 0 Å². The maximum Gasteiger partial charge on any atom is 0.126 e. The van der Waals surface area contributed by atoms with Crippen LogP contribution >= 0.6 is 0 Å². The zero-order valence-electron chi connectivity index (χ0n) is 12.9. The van der Waals surface area contributed by atoms with E-state index >= 15 is 0 Å². The van der Waals surface area contributed by atoms with Gasteiger partial charge in [0.1, 0.15) is 11.6 Å². The van der Waals surface area contributed by atoms with Gasteiger partial charge in [-0.2, -0.15) is 0 Å². The summed E-state index contributed by atoms with van der Waals surface area (Å²) in [7, 11) is 0. The molecule has 0 aliphatic heterocycles. The molecule has 21 heavy (non-hydrogen) atoms. The second-order valence-corrected chi connectivity index (χ2v) is 6.13. The van der Waals surface area contributed by atoms with Gasteiger partial charge in [-0.25, -0.2) is 8.78 Å². The fourth-order valence-electron chi connectivity index (χ4n) is 2.84.